The van der Waals surface area contributed by atoms with Crippen molar-refractivity contribution in [2.45, 2.75) is 40.5 Å². The minimum atomic E-state index is -0.858. The van der Waals surface area contributed by atoms with Crippen LogP contribution < -0.4 is 5.32 Å². The molecule has 0 fully saturated rings. The maximum absolute atomic E-state index is 12.1. The summed E-state index contributed by atoms with van der Waals surface area (Å²) in [5, 5.41) is 11.8. The Bertz CT molecular complexity index is 485. The summed E-state index contributed by atoms with van der Waals surface area (Å²) in [6.07, 6.45) is 0. The van der Waals surface area contributed by atoms with Crippen molar-refractivity contribution in [1.29, 1.82) is 0 Å². The third kappa shape index (κ3) is 4.08. The molecule has 110 valence electrons. The number of carbonyl (C=O) groups excluding carboxylic acids is 1. The lowest BCUT2D eigenvalue weighted by molar-refractivity contribution is -0.138. The van der Waals surface area contributed by atoms with Crippen molar-refractivity contribution < 1.29 is 14.7 Å². The van der Waals surface area contributed by atoms with Gasteiger partial charge in [0.1, 0.15) is 0 Å². The fourth-order valence-electron chi connectivity index (χ4n) is 1.64. The van der Waals surface area contributed by atoms with Crippen molar-refractivity contribution in [3.8, 4) is 0 Å². The summed E-state index contributed by atoms with van der Waals surface area (Å²) in [5.74, 6) is -1.55. The Labute approximate surface area is 120 Å². The zero-order valence-electron chi connectivity index (χ0n) is 12.7. The Balaban J connectivity index is 2.76. The Morgan fingerprint density at radius 3 is 2.00 bits per heavy atom. The molecule has 20 heavy (non-hydrogen) atoms. The molecule has 2 N–H and O–H groups in total. The molecule has 0 aliphatic rings. The molecule has 0 aliphatic heterocycles. The topological polar surface area (TPSA) is 66.4 Å². The first kappa shape index (κ1) is 16.2. The van der Waals surface area contributed by atoms with Gasteiger partial charge in [0.05, 0.1) is 5.92 Å². The Morgan fingerprint density at radius 2 is 1.60 bits per heavy atom. The van der Waals surface area contributed by atoms with Gasteiger partial charge in [0.25, 0.3) is 0 Å². The van der Waals surface area contributed by atoms with E-state index in [2.05, 4.69) is 5.32 Å². The van der Waals surface area contributed by atoms with Crippen LogP contribution in [-0.2, 0) is 9.59 Å². The van der Waals surface area contributed by atoms with Crippen LogP contribution in [0.2, 0.25) is 0 Å². The minimum Gasteiger partial charge on any atom is -0.481 e. The maximum Gasteiger partial charge on any atom is 0.310 e. The minimum absolute atomic E-state index is 0.0310. The number of anilines is 1. The molecule has 2 atom stereocenters. The van der Waals surface area contributed by atoms with Crippen LogP contribution in [0.3, 0.4) is 0 Å². The molecular weight excluding hydrogens is 254 g/mol. The molecule has 2 unspecified atom stereocenters. The summed E-state index contributed by atoms with van der Waals surface area (Å²) in [4.78, 5) is 23.0. The average molecular weight is 277 g/mol. The Hall–Kier alpha value is -1.84. The fourth-order valence-corrected chi connectivity index (χ4v) is 1.64. The van der Waals surface area contributed by atoms with Crippen LogP contribution in [0.15, 0.2) is 24.3 Å². The van der Waals surface area contributed by atoms with E-state index in [1.807, 2.05) is 27.7 Å². The van der Waals surface area contributed by atoms with Crippen LogP contribution in [0.4, 0.5) is 5.69 Å². The molecule has 0 radical (unpaired) electrons. The quantitative estimate of drug-likeness (QED) is 0.885. The highest BCUT2D eigenvalue weighted by Gasteiger charge is 2.26. The summed E-state index contributed by atoms with van der Waals surface area (Å²) in [7, 11) is 0. The third-order valence-corrected chi connectivity index (χ3v) is 3.74. The summed E-state index contributed by atoms with van der Waals surface area (Å²) < 4.78 is 0. The number of carbonyl (C=O) groups is 2. The van der Waals surface area contributed by atoms with E-state index in [9.17, 15) is 9.59 Å². The first-order chi connectivity index (χ1) is 9.12. The molecule has 0 spiro atoms. The van der Waals surface area contributed by atoms with Gasteiger partial charge in [0, 0.05) is 11.6 Å². The number of aliphatic carboxylic acids is 1. The molecular formula is C16H23NO3. The van der Waals surface area contributed by atoms with Crippen molar-refractivity contribution >= 4 is 17.6 Å². The normalized spacial score (nSPS) is 14.4. The lowest BCUT2D eigenvalue weighted by Crippen LogP contribution is -2.30. The van der Waals surface area contributed by atoms with Crippen molar-refractivity contribution in [3.63, 3.8) is 0 Å². The highest BCUT2D eigenvalue weighted by atomic mass is 16.4. The van der Waals surface area contributed by atoms with E-state index >= 15 is 0 Å². The van der Waals surface area contributed by atoms with Gasteiger partial charge in [-0.1, -0.05) is 39.8 Å². The zero-order valence-corrected chi connectivity index (χ0v) is 12.7. The van der Waals surface area contributed by atoms with E-state index in [0.29, 0.717) is 5.69 Å². The molecule has 4 nitrogen and oxygen atoms in total. The van der Waals surface area contributed by atoms with E-state index in [-0.39, 0.29) is 17.2 Å². The predicted octanol–water partition coefficient (Wildman–Crippen LogP) is 3.50. The van der Waals surface area contributed by atoms with Gasteiger partial charge in [-0.15, -0.1) is 0 Å². The molecule has 0 saturated carbocycles. The number of carboxylic acids is 1. The molecule has 0 heterocycles. The molecule has 0 aliphatic carbocycles. The van der Waals surface area contributed by atoms with E-state index in [1.54, 1.807) is 31.2 Å². The van der Waals surface area contributed by atoms with Gasteiger partial charge in [0.15, 0.2) is 0 Å². The Kier molecular flexibility index (Phi) is 4.93. The van der Waals surface area contributed by atoms with E-state index in [1.165, 1.54) is 0 Å². The number of rotatable bonds is 4. The third-order valence-electron chi connectivity index (χ3n) is 3.74. The van der Waals surface area contributed by atoms with Gasteiger partial charge >= 0.3 is 5.97 Å². The molecule has 1 aromatic rings. The number of hydrogen-bond acceptors (Lipinski definition) is 2. The SMILES string of the molecule is CC(C(=O)O)c1ccc(NC(=O)C(C)C(C)(C)C)cc1. The number of hydrogen-bond donors (Lipinski definition) is 2. The van der Waals surface area contributed by atoms with Crippen LogP contribution in [0, 0.1) is 11.3 Å². The monoisotopic (exact) mass is 277 g/mol. The van der Waals surface area contributed by atoms with Gasteiger partial charge in [-0.25, -0.2) is 0 Å². The second kappa shape index (κ2) is 6.07. The van der Waals surface area contributed by atoms with Crippen molar-refractivity contribution in [2.75, 3.05) is 5.32 Å². The summed E-state index contributed by atoms with van der Waals surface area (Å²) in [5.41, 5.74) is 1.31. The van der Waals surface area contributed by atoms with Crippen LogP contribution in [0.1, 0.15) is 46.1 Å². The summed E-state index contributed by atoms with van der Waals surface area (Å²) >= 11 is 0. The molecule has 0 aromatic heterocycles. The van der Waals surface area contributed by atoms with Crippen LogP contribution >= 0.6 is 0 Å². The zero-order chi connectivity index (χ0) is 15.5. The molecule has 1 aromatic carbocycles. The smallest absolute Gasteiger partial charge is 0.310 e. The van der Waals surface area contributed by atoms with E-state index in [4.69, 9.17) is 5.11 Å². The molecule has 1 rings (SSSR count). The molecule has 4 heteroatoms. The van der Waals surface area contributed by atoms with Gasteiger partial charge < -0.3 is 10.4 Å². The number of nitrogens with one attached hydrogen (secondary N) is 1. The number of benzene rings is 1. The van der Waals surface area contributed by atoms with Crippen LogP contribution in [0.25, 0.3) is 0 Å². The number of carboxylic acid groups (broad SMARTS) is 1. The highest BCUT2D eigenvalue weighted by molar-refractivity contribution is 5.92. The van der Waals surface area contributed by atoms with E-state index < -0.39 is 11.9 Å². The van der Waals surface area contributed by atoms with Crippen LogP contribution in [0.5, 0.6) is 0 Å². The first-order valence-corrected chi connectivity index (χ1v) is 6.76. The first-order valence-electron chi connectivity index (χ1n) is 6.76. The maximum atomic E-state index is 12.1. The van der Waals surface area contributed by atoms with Crippen molar-refractivity contribution in [3.05, 3.63) is 29.8 Å². The molecule has 1 amide bonds. The van der Waals surface area contributed by atoms with Gasteiger partial charge in [-0.2, -0.15) is 0 Å². The van der Waals surface area contributed by atoms with Gasteiger partial charge in [0.2, 0.25) is 5.91 Å². The summed E-state index contributed by atoms with van der Waals surface area (Å²) in [6.45, 7) is 9.60. The van der Waals surface area contributed by atoms with Gasteiger partial charge in [-0.05, 0) is 30.0 Å². The van der Waals surface area contributed by atoms with Crippen molar-refractivity contribution in [2.24, 2.45) is 11.3 Å². The van der Waals surface area contributed by atoms with Crippen molar-refractivity contribution in [1.82, 2.24) is 0 Å². The lowest BCUT2D eigenvalue weighted by Gasteiger charge is -2.26. The average Bonchev–Trinajstić information content (AvgIpc) is 2.36. The fraction of sp³-hybridized carbons (Fsp3) is 0.500. The van der Waals surface area contributed by atoms with Gasteiger partial charge in [-0.3, -0.25) is 9.59 Å². The predicted molar refractivity (Wildman–Crippen MR) is 79.7 cm³/mol. The van der Waals surface area contributed by atoms with Crippen LogP contribution in [-0.4, -0.2) is 17.0 Å². The standard InChI is InChI=1S/C16H23NO3/c1-10(15(19)20)12-6-8-13(9-7-12)17-14(18)11(2)16(3,4)5/h6-11H,1-5H3,(H,17,18)(H,19,20). The Morgan fingerprint density at radius 1 is 1.10 bits per heavy atom. The second-order valence-corrected chi connectivity index (χ2v) is 6.26. The lowest BCUT2D eigenvalue weighted by atomic mass is 9.81. The molecule has 0 bridgehead atoms. The molecule has 0 saturated heterocycles. The highest BCUT2D eigenvalue weighted by Crippen LogP contribution is 2.26. The second-order valence-electron chi connectivity index (χ2n) is 6.26. The van der Waals surface area contributed by atoms with E-state index in [0.717, 1.165) is 5.56 Å². The largest absolute Gasteiger partial charge is 0.481 e. The number of amides is 1. The summed E-state index contributed by atoms with van der Waals surface area (Å²) in [6, 6.07) is 6.94.